The second-order valence-corrected chi connectivity index (χ2v) is 4.95. The lowest BCUT2D eigenvalue weighted by atomic mass is 9.76. The van der Waals surface area contributed by atoms with E-state index in [1.54, 1.807) is 0 Å². The molecule has 0 saturated carbocycles. The van der Waals surface area contributed by atoms with E-state index in [2.05, 4.69) is 33.6 Å². The van der Waals surface area contributed by atoms with Crippen molar-refractivity contribution in [3.05, 3.63) is 0 Å². The van der Waals surface area contributed by atoms with Crippen molar-refractivity contribution in [1.29, 1.82) is 0 Å². The van der Waals surface area contributed by atoms with E-state index in [1.807, 2.05) is 0 Å². The Morgan fingerprint density at radius 1 is 1.50 bits per heavy atom. The highest BCUT2D eigenvalue weighted by atomic mass is 16.4. The molecule has 0 amide bonds. The molecule has 0 fully saturated rings. The maximum absolute atomic E-state index is 10.9. The summed E-state index contributed by atoms with van der Waals surface area (Å²) in [6, 6.07) is 0. The topological polar surface area (TPSA) is 37.3 Å². The SMILES string of the molecule is C#CCC(CC(C)C(C)(C)C)C(=O)O. The summed E-state index contributed by atoms with van der Waals surface area (Å²) in [4.78, 5) is 10.9. The van der Waals surface area contributed by atoms with Crippen LogP contribution >= 0.6 is 0 Å². The fraction of sp³-hybridized carbons (Fsp3) is 0.750. The van der Waals surface area contributed by atoms with Crippen LogP contribution in [0.4, 0.5) is 0 Å². The molecule has 0 spiro atoms. The summed E-state index contributed by atoms with van der Waals surface area (Å²) in [6.07, 6.45) is 6.12. The molecule has 0 bridgehead atoms. The van der Waals surface area contributed by atoms with E-state index < -0.39 is 11.9 Å². The molecule has 2 nitrogen and oxygen atoms in total. The molecule has 0 aliphatic heterocycles. The Bertz CT molecular complexity index is 230. The maximum atomic E-state index is 10.9. The fourth-order valence-electron chi connectivity index (χ4n) is 1.19. The van der Waals surface area contributed by atoms with E-state index in [-0.39, 0.29) is 5.41 Å². The van der Waals surface area contributed by atoms with E-state index >= 15 is 0 Å². The van der Waals surface area contributed by atoms with E-state index in [4.69, 9.17) is 11.5 Å². The molecule has 0 aromatic heterocycles. The third-order valence-corrected chi connectivity index (χ3v) is 2.83. The monoisotopic (exact) mass is 196 g/mol. The molecule has 0 radical (unpaired) electrons. The molecule has 2 unspecified atom stereocenters. The van der Waals surface area contributed by atoms with Crippen LogP contribution in [0.25, 0.3) is 0 Å². The molecular weight excluding hydrogens is 176 g/mol. The van der Waals surface area contributed by atoms with E-state index in [1.165, 1.54) is 0 Å². The van der Waals surface area contributed by atoms with Crippen LogP contribution in [-0.4, -0.2) is 11.1 Å². The first-order valence-electron chi connectivity index (χ1n) is 4.95. The minimum absolute atomic E-state index is 0.141. The van der Waals surface area contributed by atoms with Crippen molar-refractivity contribution in [3.8, 4) is 12.3 Å². The molecule has 2 atom stereocenters. The number of aliphatic carboxylic acids is 1. The Morgan fingerprint density at radius 3 is 2.29 bits per heavy atom. The van der Waals surface area contributed by atoms with Gasteiger partial charge >= 0.3 is 5.97 Å². The second-order valence-electron chi connectivity index (χ2n) is 4.95. The number of terminal acetylenes is 1. The molecule has 80 valence electrons. The van der Waals surface area contributed by atoms with Crippen LogP contribution in [0.5, 0.6) is 0 Å². The number of hydrogen-bond acceptors (Lipinski definition) is 1. The van der Waals surface area contributed by atoms with Crippen LogP contribution in [0.15, 0.2) is 0 Å². The zero-order chi connectivity index (χ0) is 11.4. The first-order chi connectivity index (χ1) is 6.29. The van der Waals surface area contributed by atoms with E-state index in [0.29, 0.717) is 18.8 Å². The highest BCUT2D eigenvalue weighted by Crippen LogP contribution is 2.31. The van der Waals surface area contributed by atoms with Crippen LogP contribution in [-0.2, 0) is 4.79 Å². The van der Waals surface area contributed by atoms with Gasteiger partial charge in [-0.15, -0.1) is 12.3 Å². The predicted octanol–water partition coefficient (Wildman–Crippen LogP) is 2.78. The lowest BCUT2D eigenvalue weighted by Crippen LogP contribution is -2.24. The first-order valence-corrected chi connectivity index (χ1v) is 4.95. The molecule has 0 heterocycles. The zero-order valence-corrected chi connectivity index (χ0v) is 9.50. The fourth-order valence-corrected chi connectivity index (χ4v) is 1.19. The van der Waals surface area contributed by atoms with Gasteiger partial charge in [0.05, 0.1) is 5.92 Å². The van der Waals surface area contributed by atoms with Crippen molar-refractivity contribution >= 4 is 5.97 Å². The number of carboxylic acids is 1. The van der Waals surface area contributed by atoms with Crippen molar-refractivity contribution in [3.63, 3.8) is 0 Å². The third kappa shape index (κ3) is 4.32. The summed E-state index contributed by atoms with van der Waals surface area (Å²) in [7, 11) is 0. The Balaban J connectivity index is 4.32. The summed E-state index contributed by atoms with van der Waals surface area (Å²) >= 11 is 0. The largest absolute Gasteiger partial charge is 0.481 e. The quantitative estimate of drug-likeness (QED) is 0.702. The molecule has 0 rings (SSSR count). The Hall–Kier alpha value is -0.970. The van der Waals surface area contributed by atoms with Crippen LogP contribution in [0.3, 0.4) is 0 Å². The van der Waals surface area contributed by atoms with Crippen LogP contribution in [0, 0.1) is 29.6 Å². The van der Waals surface area contributed by atoms with E-state index in [9.17, 15) is 4.79 Å². The van der Waals surface area contributed by atoms with E-state index in [0.717, 1.165) is 0 Å². The summed E-state index contributed by atoms with van der Waals surface area (Å²) in [5.41, 5.74) is 0.141. The summed E-state index contributed by atoms with van der Waals surface area (Å²) < 4.78 is 0. The van der Waals surface area contributed by atoms with Gasteiger partial charge in [0, 0.05) is 6.42 Å². The number of hydrogen-bond donors (Lipinski definition) is 1. The summed E-state index contributed by atoms with van der Waals surface area (Å²) in [5.74, 6) is 1.61. The normalized spacial score (nSPS) is 15.6. The molecular formula is C12H20O2. The Morgan fingerprint density at radius 2 is 2.00 bits per heavy atom. The highest BCUT2D eigenvalue weighted by molar-refractivity contribution is 5.70. The standard InChI is InChI=1S/C12H20O2/c1-6-7-10(11(13)14)8-9(2)12(3,4)5/h1,9-10H,7-8H2,2-5H3,(H,13,14). The van der Waals surface area contributed by atoms with Crippen molar-refractivity contribution in [1.82, 2.24) is 0 Å². The predicted molar refractivity (Wildman–Crippen MR) is 57.8 cm³/mol. The van der Waals surface area contributed by atoms with Gasteiger partial charge in [-0.05, 0) is 17.8 Å². The zero-order valence-electron chi connectivity index (χ0n) is 9.50. The molecule has 0 aromatic rings. The first kappa shape index (κ1) is 13.0. The summed E-state index contributed by atoms with van der Waals surface area (Å²) in [5, 5.41) is 8.92. The highest BCUT2D eigenvalue weighted by Gasteiger charge is 2.26. The lowest BCUT2D eigenvalue weighted by Gasteiger charge is -2.28. The molecule has 14 heavy (non-hydrogen) atoms. The smallest absolute Gasteiger partial charge is 0.307 e. The number of carbonyl (C=O) groups is 1. The van der Waals surface area contributed by atoms with Gasteiger partial charge < -0.3 is 5.11 Å². The number of carboxylic acid groups (broad SMARTS) is 1. The molecule has 0 saturated heterocycles. The van der Waals surface area contributed by atoms with Gasteiger partial charge in [-0.3, -0.25) is 4.79 Å². The minimum Gasteiger partial charge on any atom is -0.481 e. The van der Waals surface area contributed by atoms with Crippen molar-refractivity contribution in [2.45, 2.75) is 40.5 Å². The van der Waals surface area contributed by atoms with Gasteiger partial charge in [0.2, 0.25) is 0 Å². The van der Waals surface area contributed by atoms with Gasteiger partial charge in [-0.2, -0.15) is 0 Å². The van der Waals surface area contributed by atoms with Gasteiger partial charge in [-0.25, -0.2) is 0 Å². The van der Waals surface area contributed by atoms with Crippen LogP contribution < -0.4 is 0 Å². The van der Waals surface area contributed by atoms with Crippen LogP contribution in [0.1, 0.15) is 40.5 Å². The van der Waals surface area contributed by atoms with Gasteiger partial charge in [0.1, 0.15) is 0 Å². The maximum Gasteiger partial charge on any atom is 0.307 e. The molecule has 2 heteroatoms. The number of rotatable bonds is 4. The third-order valence-electron chi connectivity index (χ3n) is 2.83. The Labute approximate surface area is 86.7 Å². The average molecular weight is 196 g/mol. The van der Waals surface area contributed by atoms with Crippen molar-refractivity contribution < 1.29 is 9.90 Å². The molecule has 0 aromatic carbocycles. The lowest BCUT2D eigenvalue weighted by molar-refractivity contribution is -0.142. The van der Waals surface area contributed by atoms with Crippen molar-refractivity contribution in [2.24, 2.45) is 17.3 Å². The average Bonchev–Trinajstić information content (AvgIpc) is 2.01. The minimum atomic E-state index is -0.779. The van der Waals surface area contributed by atoms with Crippen molar-refractivity contribution in [2.75, 3.05) is 0 Å². The van der Waals surface area contributed by atoms with Gasteiger partial charge in [0.15, 0.2) is 0 Å². The molecule has 1 N–H and O–H groups in total. The summed E-state index contributed by atoms with van der Waals surface area (Å²) in [6.45, 7) is 8.43. The van der Waals surface area contributed by atoms with Crippen LogP contribution in [0.2, 0.25) is 0 Å². The molecule has 0 aliphatic carbocycles. The van der Waals surface area contributed by atoms with Gasteiger partial charge in [0.25, 0.3) is 0 Å². The second kappa shape index (κ2) is 5.05. The van der Waals surface area contributed by atoms with Gasteiger partial charge in [-0.1, -0.05) is 27.7 Å². The Kier molecular flexibility index (Phi) is 4.70. The molecule has 0 aliphatic rings.